The van der Waals surface area contributed by atoms with Crippen LogP contribution in [0.4, 0.5) is 10.5 Å². The minimum atomic E-state index is -1.30. The van der Waals surface area contributed by atoms with Gasteiger partial charge in [0.25, 0.3) is 5.91 Å². The number of urea groups is 1. The summed E-state index contributed by atoms with van der Waals surface area (Å²) in [5.41, 5.74) is -0.0276. The van der Waals surface area contributed by atoms with Gasteiger partial charge in [-0.25, -0.2) is 4.79 Å². The van der Waals surface area contributed by atoms with E-state index in [1.807, 2.05) is 44.2 Å². The van der Waals surface area contributed by atoms with Crippen LogP contribution in [0, 0.1) is 0 Å². The number of nitrogens with zero attached hydrogens (tertiary/aromatic N) is 2. The Morgan fingerprint density at radius 1 is 1.13 bits per heavy atom. The average Bonchev–Trinajstić information content (AvgIpc) is 3.27. The van der Waals surface area contributed by atoms with E-state index in [-0.39, 0.29) is 25.3 Å². The molecule has 1 atom stereocenters. The quantitative estimate of drug-likeness (QED) is 0.767. The van der Waals surface area contributed by atoms with Crippen molar-refractivity contribution in [3.63, 3.8) is 0 Å². The number of ether oxygens (including phenoxy) is 2. The van der Waals surface area contributed by atoms with Crippen LogP contribution in [0.2, 0.25) is 0 Å². The molecular formula is C22H23N3O5. The molecule has 0 aromatic heterocycles. The zero-order chi connectivity index (χ0) is 21.5. The highest BCUT2D eigenvalue weighted by Gasteiger charge is 2.50. The lowest BCUT2D eigenvalue weighted by Gasteiger charge is -2.28. The normalized spacial score (nSPS) is 19.9. The molecule has 1 fully saturated rings. The third-order valence-corrected chi connectivity index (χ3v) is 5.34. The van der Waals surface area contributed by atoms with E-state index in [9.17, 15) is 14.4 Å². The van der Waals surface area contributed by atoms with Crippen LogP contribution in [-0.2, 0) is 15.1 Å². The third kappa shape index (κ3) is 3.24. The Kier molecular flexibility index (Phi) is 4.85. The highest BCUT2D eigenvalue weighted by atomic mass is 16.7. The number of para-hydroxylation sites is 1. The number of hydrogen-bond acceptors (Lipinski definition) is 5. The van der Waals surface area contributed by atoms with E-state index >= 15 is 0 Å². The first kappa shape index (κ1) is 19.8. The van der Waals surface area contributed by atoms with E-state index in [1.54, 1.807) is 30.0 Å². The molecule has 2 heterocycles. The Balaban J connectivity index is 1.57. The number of nitrogens with one attached hydrogen (secondary N) is 1. The van der Waals surface area contributed by atoms with Crippen molar-refractivity contribution in [2.24, 2.45) is 0 Å². The number of fused-ring (bicyclic) bond motifs is 1. The molecule has 0 aliphatic carbocycles. The number of imide groups is 1. The van der Waals surface area contributed by atoms with Gasteiger partial charge in [0.15, 0.2) is 11.5 Å². The fourth-order valence-electron chi connectivity index (χ4n) is 3.77. The second kappa shape index (κ2) is 7.37. The van der Waals surface area contributed by atoms with Gasteiger partial charge in [-0.15, -0.1) is 0 Å². The Bertz CT molecular complexity index is 1010. The van der Waals surface area contributed by atoms with Crippen LogP contribution >= 0.6 is 0 Å². The van der Waals surface area contributed by atoms with Gasteiger partial charge in [0.2, 0.25) is 12.7 Å². The van der Waals surface area contributed by atoms with Crippen molar-refractivity contribution >= 4 is 23.5 Å². The predicted molar refractivity (Wildman–Crippen MR) is 109 cm³/mol. The SMILES string of the molecule is CC(C)N(C(=O)CN1C(=O)NC(C)(c2ccc3c(c2)OCO3)C1=O)c1ccccc1. The fraction of sp³-hybridized carbons (Fsp3) is 0.318. The van der Waals surface area contributed by atoms with Crippen LogP contribution in [0.15, 0.2) is 48.5 Å². The lowest BCUT2D eigenvalue weighted by atomic mass is 9.91. The topological polar surface area (TPSA) is 88.2 Å². The summed E-state index contributed by atoms with van der Waals surface area (Å²) < 4.78 is 10.7. The van der Waals surface area contributed by atoms with E-state index in [1.165, 1.54) is 0 Å². The molecule has 1 saturated heterocycles. The van der Waals surface area contributed by atoms with Gasteiger partial charge in [-0.2, -0.15) is 0 Å². The van der Waals surface area contributed by atoms with Crippen LogP contribution in [0.1, 0.15) is 26.3 Å². The van der Waals surface area contributed by atoms with E-state index < -0.39 is 17.5 Å². The molecule has 4 amide bonds. The molecule has 2 aliphatic rings. The molecule has 0 spiro atoms. The van der Waals surface area contributed by atoms with Gasteiger partial charge in [0.05, 0.1) is 0 Å². The Morgan fingerprint density at radius 3 is 2.53 bits per heavy atom. The molecule has 2 aromatic carbocycles. The van der Waals surface area contributed by atoms with E-state index in [0.717, 1.165) is 4.90 Å². The molecule has 0 saturated carbocycles. The van der Waals surface area contributed by atoms with E-state index in [2.05, 4.69) is 5.32 Å². The monoisotopic (exact) mass is 409 g/mol. The van der Waals surface area contributed by atoms with Gasteiger partial charge in [-0.05, 0) is 50.6 Å². The minimum absolute atomic E-state index is 0.112. The van der Waals surface area contributed by atoms with Gasteiger partial charge < -0.3 is 19.7 Å². The number of carbonyl (C=O) groups excluding carboxylic acids is 3. The van der Waals surface area contributed by atoms with Crippen molar-refractivity contribution in [3.8, 4) is 11.5 Å². The smallest absolute Gasteiger partial charge is 0.325 e. The summed E-state index contributed by atoms with van der Waals surface area (Å²) >= 11 is 0. The van der Waals surface area contributed by atoms with Gasteiger partial charge in [-0.3, -0.25) is 14.5 Å². The maximum Gasteiger partial charge on any atom is 0.325 e. The Labute approximate surface area is 174 Å². The van der Waals surface area contributed by atoms with Gasteiger partial charge in [0.1, 0.15) is 12.1 Å². The van der Waals surface area contributed by atoms with E-state index in [4.69, 9.17) is 9.47 Å². The fourth-order valence-corrected chi connectivity index (χ4v) is 3.77. The summed E-state index contributed by atoms with van der Waals surface area (Å²) in [6.07, 6.45) is 0. The number of amides is 4. The van der Waals surface area contributed by atoms with Gasteiger partial charge in [-0.1, -0.05) is 24.3 Å². The predicted octanol–water partition coefficient (Wildman–Crippen LogP) is 2.62. The molecule has 30 heavy (non-hydrogen) atoms. The third-order valence-electron chi connectivity index (χ3n) is 5.34. The van der Waals surface area contributed by atoms with Crippen LogP contribution in [0.3, 0.4) is 0 Å². The highest BCUT2D eigenvalue weighted by molar-refractivity contribution is 6.10. The maximum absolute atomic E-state index is 13.2. The molecule has 0 bridgehead atoms. The first-order chi connectivity index (χ1) is 14.3. The van der Waals surface area contributed by atoms with Crippen molar-refractivity contribution in [1.29, 1.82) is 0 Å². The Hall–Kier alpha value is -3.55. The number of hydrogen-bond donors (Lipinski definition) is 1. The van der Waals surface area contributed by atoms with E-state index in [0.29, 0.717) is 22.7 Å². The molecule has 0 radical (unpaired) electrons. The molecule has 1 N–H and O–H groups in total. The van der Waals surface area contributed by atoms with Gasteiger partial charge in [0, 0.05) is 11.7 Å². The molecule has 156 valence electrons. The van der Waals surface area contributed by atoms with Crippen molar-refractivity contribution < 1.29 is 23.9 Å². The van der Waals surface area contributed by atoms with Gasteiger partial charge >= 0.3 is 6.03 Å². The summed E-state index contributed by atoms with van der Waals surface area (Å²) in [4.78, 5) is 41.4. The summed E-state index contributed by atoms with van der Waals surface area (Å²) in [5, 5.41) is 2.72. The second-order valence-corrected chi connectivity index (χ2v) is 7.71. The summed E-state index contributed by atoms with van der Waals surface area (Å²) in [7, 11) is 0. The zero-order valence-electron chi connectivity index (χ0n) is 17.0. The first-order valence-electron chi connectivity index (χ1n) is 9.72. The number of carbonyl (C=O) groups is 3. The van der Waals surface area contributed by atoms with Crippen molar-refractivity contribution in [2.45, 2.75) is 32.4 Å². The maximum atomic E-state index is 13.2. The lowest BCUT2D eigenvalue weighted by Crippen LogP contribution is -2.46. The van der Waals surface area contributed by atoms with Crippen molar-refractivity contribution in [2.75, 3.05) is 18.2 Å². The lowest BCUT2D eigenvalue weighted by molar-refractivity contribution is -0.134. The summed E-state index contributed by atoms with van der Waals surface area (Å²) in [6.45, 7) is 5.15. The minimum Gasteiger partial charge on any atom is -0.454 e. The summed E-state index contributed by atoms with van der Waals surface area (Å²) in [5.74, 6) is 0.271. The van der Waals surface area contributed by atoms with Crippen molar-refractivity contribution in [1.82, 2.24) is 10.2 Å². The standard InChI is InChI=1S/C22H23N3O5/c1-14(2)25(16-7-5-4-6-8-16)19(26)12-24-20(27)22(3,23-21(24)28)15-9-10-17-18(11-15)30-13-29-17/h4-11,14H,12-13H2,1-3H3,(H,23,28). The molecule has 2 aromatic rings. The molecule has 8 nitrogen and oxygen atoms in total. The molecule has 1 unspecified atom stereocenters. The van der Waals surface area contributed by atoms with Crippen LogP contribution in [0.5, 0.6) is 11.5 Å². The average molecular weight is 409 g/mol. The van der Waals surface area contributed by atoms with Crippen LogP contribution < -0.4 is 19.7 Å². The second-order valence-electron chi connectivity index (χ2n) is 7.71. The molecule has 4 rings (SSSR count). The highest BCUT2D eigenvalue weighted by Crippen LogP contribution is 2.37. The number of benzene rings is 2. The van der Waals surface area contributed by atoms with Crippen LogP contribution in [-0.4, -0.2) is 42.1 Å². The first-order valence-corrected chi connectivity index (χ1v) is 9.72. The molecule has 2 aliphatic heterocycles. The zero-order valence-corrected chi connectivity index (χ0v) is 17.0. The largest absolute Gasteiger partial charge is 0.454 e. The Morgan fingerprint density at radius 2 is 1.83 bits per heavy atom. The number of rotatable bonds is 5. The molecular weight excluding hydrogens is 386 g/mol. The van der Waals surface area contributed by atoms with Crippen LogP contribution in [0.25, 0.3) is 0 Å². The number of anilines is 1. The van der Waals surface area contributed by atoms with Crippen molar-refractivity contribution in [3.05, 3.63) is 54.1 Å². The molecule has 8 heteroatoms. The summed E-state index contributed by atoms with van der Waals surface area (Å²) in [6, 6.07) is 13.5.